The summed E-state index contributed by atoms with van der Waals surface area (Å²) in [6, 6.07) is -0.716. The number of aromatic amines is 1. The van der Waals surface area contributed by atoms with E-state index in [1.54, 1.807) is 0 Å². The van der Waals surface area contributed by atoms with Crippen molar-refractivity contribution in [3.05, 3.63) is 11.6 Å². The van der Waals surface area contributed by atoms with Gasteiger partial charge in [0.15, 0.2) is 0 Å². The molecule has 3 N–H and O–H groups in total. The van der Waals surface area contributed by atoms with Gasteiger partial charge in [-0.3, -0.25) is 24.8 Å². The SMILES string of the molecule is CC(C)c1nc(C(=O)NC2CCC(=O)NC2=O)n[nH]1. The van der Waals surface area contributed by atoms with Crippen LogP contribution in [0.4, 0.5) is 0 Å². The number of amides is 3. The number of nitrogens with zero attached hydrogens (tertiary/aromatic N) is 2. The third kappa shape index (κ3) is 2.95. The van der Waals surface area contributed by atoms with Gasteiger partial charge in [-0.15, -0.1) is 5.10 Å². The number of H-pyrrole nitrogens is 1. The van der Waals surface area contributed by atoms with Crippen molar-refractivity contribution >= 4 is 17.7 Å². The molecule has 3 amide bonds. The first-order valence-corrected chi connectivity index (χ1v) is 6.04. The van der Waals surface area contributed by atoms with Gasteiger partial charge >= 0.3 is 0 Å². The second-order valence-electron chi connectivity index (χ2n) is 4.68. The van der Waals surface area contributed by atoms with Gasteiger partial charge in [0.05, 0.1) is 0 Å². The quantitative estimate of drug-likeness (QED) is 0.635. The number of imide groups is 1. The highest BCUT2D eigenvalue weighted by Gasteiger charge is 2.29. The van der Waals surface area contributed by atoms with Crippen molar-refractivity contribution in [1.29, 1.82) is 0 Å². The second-order valence-corrected chi connectivity index (χ2v) is 4.68. The van der Waals surface area contributed by atoms with Crippen molar-refractivity contribution in [3.63, 3.8) is 0 Å². The number of carbonyl (C=O) groups is 3. The molecule has 0 aromatic carbocycles. The minimum atomic E-state index is -0.716. The fourth-order valence-corrected chi connectivity index (χ4v) is 1.69. The maximum atomic E-state index is 11.9. The topological polar surface area (TPSA) is 117 Å². The molecule has 8 heteroatoms. The molecule has 0 bridgehead atoms. The van der Waals surface area contributed by atoms with Crippen LogP contribution in [0.15, 0.2) is 0 Å². The smallest absolute Gasteiger partial charge is 0.291 e. The van der Waals surface area contributed by atoms with Gasteiger partial charge in [0, 0.05) is 12.3 Å². The molecule has 0 aliphatic carbocycles. The van der Waals surface area contributed by atoms with Crippen LogP contribution in [0.5, 0.6) is 0 Å². The van der Waals surface area contributed by atoms with Crippen LogP contribution in [0.3, 0.4) is 0 Å². The Labute approximate surface area is 109 Å². The van der Waals surface area contributed by atoms with E-state index in [0.29, 0.717) is 5.82 Å². The summed E-state index contributed by atoms with van der Waals surface area (Å²) in [5, 5.41) is 11.1. The highest BCUT2D eigenvalue weighted by Crippen LogP contribution is 2.08. The summed E-state index contributed by atoms with van der Waals surface area (Å²) in [6.45, 7) is 3.84. The molecule has 1 aliphatic heterocycles. The lowest BCUT2D eigenvalue weighted by atomic mass is 10.1. The number of aromatic nitrogens is 3. The Hall–Kier alpha value is -2.25. The minimum absolute atomic E-state index is 0.00611. The molecule has 1 aliphatic rings. The van der Waals surface area contributed by atoms with E-state index in [0.717, 1.165) is 0 Å². The first-order valence-electron chi connectivity index (χ1n) is 6.04. The zero-order chi connectivity index (χ0) is 14.0. The van der Waals surface area contributed by atoms with E-state index in [-0.39, 0.29) is 30.5 Å². The Kier molecular flexibility index (Phi) is 3.59. The molecule has 1 fully saturated rings. The lowest BCUT2D eigenvalue weighted by Crippen LogP contribution is -2.52. The molecule has 102 valence electrons. The molecule has 0 saturated carbocycles. The zero-order valence-electron chi connectivity index (χ0n) is 10.7. The monoisotopic (exact) mass is 265 g/mol. The van der Waals surface area contributed by atoms with Crippen LogP contribution in [0.1, 0.15) is 49.1 Å². The first-order chi connectivity index (χ1) is 8.97. The molecule has 1 atom stereocenters. The van der Waals surface area contributed by atoms with Crippen molar-refractivity contribution in [1.82, 2.24) is 25.8 Å². The van der Waals surface area contributed by atoms with E-state index in [4.69, 9.17) is 0 Å². The predicted molar refractivity (Wildman–Crippen MR) is 64.1 cm³/mol. The highest BCUT2D eigenvalue weighted by molar-refractivity contribution is 6.03. The van der Waals surface area contributed by atoms with Crippen molar-refractivity contribution in [2.24, 2.45) is 0 Å². The lowest BCUT2D eigenvalue weighted by molar-refractivity contribution is -0.134. The van der Waals surface area contributed by atoms with E-state index >= 15 is 0 Å². The Bertz CT molecular complexity index is 522. The number of hydrogen-bond donors (Lipinski definition) is 3. The molecule has 0 spiro atoms. The average Bonchev–Trinajstić information content (AvgIpc) is 2.82. The van der Waals surface area contributed by atoms with Crippen LogP contribution >= 0.6 is 0 Å². The molecular weight excluding hydrogens is 250 g/mol. The number of hydrogen-bond acceptors (Lipinski definition) is 5. The van der Waals surface area contributed by atoms with Crippen molar-refractivity contribution in [3.8, 4) is 0 Å². The Morgan fingerprint density at radius 2 is 2.16 bits per heavy atom. The lowest BCUT2D eigenvalue weighted by Gasteiger charge is -2.20. The van der Waals surface area contributed by atoms with Gasteiger partial charge in [0.2, 0.25) is 17.6 Å². The molecule has 19 heavy (non-hydrogen) atoms. The Morgan fingerprint density at radius 3 is 2.74 bits per heavy atom. The molecule has 0 radical (unpaired) electrons. The molecule has 1 aromatic heterocycles. The summed E-state index contributed by atoms with van der Waals surface area (Å²) >= 11 is 0. The van der Waals surface area contributed by atoms with Crippen molar-refractivity contribution in [2.75, 3.05) is 0 Å². The summed E-state index contributed by atoms with van der Waals surface area (Å²) in [6.07, 6.45) is 0.500. The number of piperidine rings is 1. The van der Waals surface area contributed by atoms with E-state index < -0.39 is 17.9 Å². The standard InChI is InChI=1S/C11H15N5O3/c1-5(2)8-14-9(16-15-8)11(19)12-6-3-4-7(17)13-10(6)18/h5-6H,3-4H2,1-2H3,(H,12,19)(H,13,17,18)(H,14,15,16). The Morgan fingerprint density at radius 1 is 1.42 bits per heavy atom. The van der Waals surface area contributed by atoms with Gasteiger partial charge in [-0.25, -0.2) is 4.98 Å². The molecule has 1 aromatic rings. The summed E-state index contributed by atoms with van der Waals surface area (Å²) in [5.41, 5.74) is 0. The normalized spacial score (nSPS) is 19.4. The molecular formula is C11H15N5O3. The van der Waals surface area contributed by atoms with Gasteiger partial charge in [-0.2, -0.15) is 0 Å². The highest BCUT2D eigenvalue weighted by atomic mass is 16.2. The third-order valence-electron chi connectivity index (χ3n) is 2.80. The van der Waals surface area contributed by atoms with Gasteiger partial charge < -0.3 is 5.32 Å². The van der Waals surface area contributed by atoms with E-state index in [1.165, 1.54) is 0 Å². The summed E-state index contributed by atoms with van der Waals surface area (Å²) in [5.74, 6) is -0.621. The summed E-state index contributed by atoms with van der Waals surface area (Å²) in [7, 11) is 0. The molecule has 2 rings (SSSR count). The largest absolute Gasteiger partial charge is 0.337 e. The van der Waals surface area contributed by atoms with Crippen molar-refractivity contribution < 1.29 is 14.4 Å². The van der Waals surface area contributed by atoms with Crippen LogP contribution in [0.25, 0.3) is 0 Å². The van der Waals surface area contributed by atoms with Gasteiger partial charge in [0.25, 0.3) is 5.91 Å². The molecule has 8 nitrogen and oxygen atoms in total. The first kappa shape index (κ1) is 13.2. The predicted octanol–water partition coefficient (Wildman–Crippen LogP) is -0.537. The summed E-state index contributed by atoms with van der Waals surface area (Å²) in [4.78, 5) is 38.4. The Balaban J connectivity index is 2.00. The zero-order valence-corrected chi connectivity index (χ0v) is 10.7. The van der Waals surface area contributed by atoms with Crippen LogP contribution in [-0.4, -0.2) is 38.9 Å². The average molecular weight is 265 g/mol. The van der Waals surface area contributed by atoms with E-state index in [2.05, 4.69) is 25.8 Å². The maximum Gasteiger partial charge on any atom is 0.291 e. The van der Waals surface area contributed by atoms with Crippen LogP contribution in [0.2, 0.25) is 0 Å². The maximum absolute atomic E-state index is 11.9. The number of rotatable bonds is 3. The van der Waals surface area contributed by atoms with E-state index in [1.807, 2.05) is 13.8 Å². The van der Waals surface area contributed by atoms with Gasteiger partial charge in [-0.05, 0) is 6.42 Å². The fourth-order valence-electron chi connectivity index (χ4n) is 1.69. The van der Waals surface area contributed by atoms with Crippen LogP contribution < -0.4 is 10.6 Å². The van der Waals surface area contributed by atoms with E-state index in [9.17, 15) is 14.4 Å². The molecule has 1 saturated heterocycles. The number of nitrogens with one attached hydrogen (secondary N) is 3. The van der Waals surface area contributed by atoms with Crippen LogP contribution in [0, 0.1) is 0 Å². The van der Waals surface area contributed by atoms with Gasteiger partial charge in [0.1, 0.15) is 11.9 Å². The third-order valence-corrected chi connectivity index (χ3v) is 2.80. The molecule has 1 unspecified atom stereocenters. The minimum Gasteiger partial charge on any atom is -0.337 e. The molecule has 2 heterocycles. The number of carbonyl (C=O) groups excluding carboxylic acids is 3. The second kappa shape index (κ2) is 5.17. The fraction of sp³-hybridized carbons (Fsp3) is 0.545. The van der Waals surface area contributed by atoms with Crippen molar-refractivity contribution in [2.45, 2.75) is 38.6 Å². The van der Waals surface area contributed by atoms with Gasteiger partial charge in [-0.1, -0.05) is 13.8 Å². The summed E-state index contributed by atoms with van der Waals surface area (Å²) < 4.78 is 0. The van der Waals surface area contributed by atoms with Crippen LogP contribution in [-0.2, 0) is 9.59 Å².